The van der Waals surface area contributed by atoms with Gasteiger partial charge in [0.15, 0.2) is 0 Å². The van der Waals surface area contributed by atoms with Crippen LogP contribution in [0.15, 0.2) is 91.3 Å². The lowest BCUT2D eigenvalue weighted by Gasteiger charge is -2.21. The van der Waals surface area contributed by atoms with Crippen molar-refractivity contribution >= 4 is 12.9 Å². The summed E-state index contributed by atoms with van der Waals surface area (Å²) >= 11 is 0. The van der Waals surface area contributed by atoms with E-state index in [4.69, 9.17) is 9.47 Å². The maximum absolute atomic E-state index is 11.1. The number of nitrogens with zero attached hydrogens (tertiary/aromatic N) is 3. The standard InChI is InChI=1S/C34H23N3O4/c1-34(2)28-6-4-3-5-26(28)27-10-9-22(15-29(27)34)7-8-23-11-13-35-30(16-23)32-18-25(41-21-39)19-33(37-32)31-17-24(40-20-38)12-14-36-31/h3-6,9-21H,1-2H3. The Labute approximate surface area is 236 Å². The molecule has 2 aromatic carbocycles. The fourth-order valence-corrected chi connectivity index (χ4v) is 5.15. The molecule has 0 saturated carbocycles. The number of carbonyl (C=O) groups excluding carboxylic acids is 2. The lowest BCUT2D eigenvalue weighted by Crippen LogP contribution is -2.14. The average molecular weight is 538 g/mol. The highest BCUT2D eigenvalue weighted by molar-refractivity contribution is 5.81. The minimum absolute atomic E-state index is 0.0980. The number of hydrogen-bond acceptors (Lipinski definition) is 7. The predicted molar refractivity (Wildman–Crippen MR) is 154 cm³/mol. The molecule has 5 aromatic rings. The average Bonchev–Trinajstić information content (AvgIpc) is 3.23. The van der Waals surface area contributed by atoms with Crippen molar-refractivity contribution in [3.8, 4) is 57.2 Å². The van der Waals surface area contributed by atoms with Crippen molar-refractivity contribution in [2.75, 3.05) is 0 Å². The monoisotopic (exact) mass is 537 g/mol. The topological polar surface area (TPSA) is 91.3 Å². The molecule has 0 atom stereocenters. The molecule has 1 aliphatic carbocycles. The molecule has 0 spiro atoms. The van der Waals surface area contributed by atoms with E-state index in [1.54, 1.807) is 30.5 Å². The highest BCUT2D eigenvalue weighted by Gasteiger charge is 2.34. The number of fused-ring (bicyclic) bond motifs is 3. The van der Waals surface area contributed by atoms with E-state index in [0.29, 0.717) is 41.5 Å². The van der Waals surface area contributed by atoms with Gasteiger partial charge in [-0.2, -0.15) is 0 Å². The fraction of sp³-hybridized carbons (Fsp3) is 0.0882. The molecule has 0 unspecified atom stereocenters. The number of hydrogen-bond donors (Lipinski definition) is 0. The van der Waals surface area contributed by atoms with Crippen molar-refractivity contribution in [3.63, 3.8) is 0 Å². The van der Waals surface area contributed by atoms with Gasteiger partial charge in [-0.25, -0.2) is 4.98 Å². The van der Waals surface area contributed by atoms with Crippen molar-refractivity contribution in [2.45, 2.75) is 19.3 Å². The van der Waals surface area contributed by atoms with Crippen LogP contribution in [0.5, 0.6) is 11.5 Å². The van der Waals surface area contributed by atoms with Gasteiger partial charge in [0.1, 0.15) is 11.5 Å². The van der Waals surface area contributed by atoms with Gasteiger partial charge >= 0.3 is 0 Å². The molecule has 0 saturated heterocycles. The second kappa shape index (κ2) is 10.5. The van der Waals surface area contributed by atoms with Crippen LogP contribution in [0, 0.1) is 11.8 Å². The maximum atomic E-state index is 11.1. The van der Waals surface area contributed by atoms with Crippen LogP contribution >= 0.6 is 0 Å². The molecule has 0 fully saturated rings. The second-order valence-electron chi connectivity index (χ2n) is 9.99. The van der Waals surface area contributed by atoms with Crippen molar-refractivity contribution in [1.82, 2.24) is 15.0 Å². The highest BCUT2D eigenvalue weighted by Crippen LogP contribution is 2.48. The van der Waals surface area contributed by atoms with E-state index in [9.17, 15) is 9.59 Å². The third-order valence-corrected chi connectivity index (χ3v) is 7.12. The molecule has 0 aliphatic heterocycles. The molecule has 41 heavy (non-hydrogen) atoms. The Hall–Kier alpha value is -5.61. The Balaban J connectivity index is 1.34. The van der Waals surface area contributed by atoms with Crippen LogP contribution in [0.1, 0.15) is 36.1 Å². The molecule has 0 N–H and O–H groups in total. The number of pyridine rings is 3. The van der Waals surface area contributed by atoms with E-state index in [1.165, 1.54) is 28.5 Å². The van der Waals surface area contributed by atoms with Gasteiger partial charge in [0, 0.05) is 47.1 Å². The Kier molecular flexibility index (Phi) is 6.58. The van der Waals surface area contributed by atoms with Gasteiger partial charge in [-0.1, -0.05) is 56.0 Å². The van der Waals surface area contributed by atoms with Crippen LogP contribution in [-0.4, -0.2) is 27.9 Å². The number of carbonyl (C=O) groups is 2. The largest absolute Gasteiger partial charge is 0.429 e. The van der Waals surface area contributed by atoms with Crippen LogP contribution < -0.4 is 9.47 Å². The minimum Gasteiger partial charge on any atom is -0.429 e. The summed E-state index contributed by atoms with van der Waals surface area (Å²) < 4.78 is 10.1. The van der Waals surface area contributed by atoms with E-state index < -0.39 is 0 Å². The molecule has 0 radical (unpaired) electrons. The summed E-state index contributed by atoms with van der Waals surface area (Å²) in [6, 6.07) is 24.9. The van der Waals surface area contributed by atoms with Crippen molar-refractivity contribution < 1.29 is 19.1 Å². The lowest BCUT2D eigenvalue weighted by molar-refractivity contribution is -0.121. The first-order valence-corrected chi connectivity index (χ1v) is 12.9. The van der Waals surface area contributed by atoms with Crippen LogP contribution in [0.4, 0.5) is 0 Å². The van der Waals surface area contributed by atoms with E-state index in [1.807, 2.05) is 12.1 Å². The van der Waals surface area contributed by atoms with Gasteiger partial charge in [0.05, 0.1) is 22.8 Å². The van der Waals surface area contributed by atoms with Gasteiger partial charge in [0.2, 0.25) is 0 Å². The Morgan fingerprint density at radius 2 is 1.24 bits per heavy atom. The molecule has 7 heteroatoms. The molecule has 7 nitrogen and oxygen atoms in total. The summed E-state index contributed by atoms with van der Waals surface area (Å²) in [5.41, 5.74) is 8.54. The summed E-state index contributed by atoms with van der Waals surface area (Å²) in [6.45, 7) is 5.17. The molecule has 3 heterocycles. The van der Waals surface area contributed by atoms with Gasteiger partial charge in [-0.3, -0.25) is 19.6 Å². The maximum Gasteiger partial charge on any atom is 0.298 e. The normalized spacial score (nSPS) is 12.3. The van der Waals surface area contributed by atoms with Crippen molar-refractivity contribution in [1.29, 1.82) is 0 Å². The summed E-state index contributed by atoms with van der Waals surface area (Å²) in [5, 5.41) is 0. The van der Waals surface area contributed by atoms with Crippen LogP contribution in [0.3, 0.4) is 0 Å². The first-order valence-electron chi connectivity index (χ1n) is 12.9. The fourth-order valence-electron chi connectivity index (χ4n) is 5.15. The van der Waals surface area contributed by atoms with Crippen molar-refractivity contribution in [3.05, 3.63) is 114 Å². The number of aromatic nitrogens is 3. The smallest absolute Gasteiger partial charge is 0.298 e. The predicted octanol–water partition coefficient (Wildman–Crippen LogP) is 5.98. The quantitative estimate of drug-likeness (QED) is 0.194. The third kappa shape index (κ3) is 4.95. The summed E-state index contributed by atoms with van der Waals surface area (Å²) in [5.74, 6) is 7.13. The van der Waals surface area contributed by atoms with E-state index in [2.05, 4.69) is 83.1 Å². The zero-order chi connectivity index (χ0) is 28.4. The molecular formula is C34H23N3O4. The summed E-state index contributed by atoms with van der Waals surface area (Å²) in [7, 11) is 0. The zero-order valence-corrected chi connectivity index (χ0v) is 22.3. The van der Waals surface area contributed by atoms with E-state index in [-0.39, 0.29) is 11.2 Å². The minimum atomic E-state index is -0.0980. The van der Waals surface area contributed by atoms with Gasteiger partial charge in [-0.15, -0.1) is 0 Å². The SMILES string of the molecule is CC1(C)c2ccccc2-c2ccc(C#Cc3ccnc(-c4cc(OC=O)cc(-c5cc(OC=O)ccn5)n4)c3)cc21. The number of rotatable bonds is 6. The van der Waals surface area contributed by atoms with Gasteiger partial charge in [0.25, 0.3) is 12.9 Å². The molecule has 0 amide bonds. The third-order valence-electron chi connectivity index (χ3n) is 7.12. The number of ether oxygens (including phenoxy) is 2. The van der Waals surface area contributed by atoms with Gasteiger partial charge in [-0.05, 0) is 52.6 Å². The second-order valence-corrected chi connectivity index (χ2v) is 9.99. The lowest BCUT2D eigenvalue weighted by atomic mass is 9.82. The van der Waals surface area contributed by atoms with Crippen LogP contribution in [-0.2, 0) is 15.0 Å². The van der Waals surface area contributed by atoms with E-state index in [0.717, 1.165) is 11.1 Å². The van der Waals surface area contributed by atoms with Crippen LogP contribution in [0.25, 0.3) is 33.9 Å². The van der Waals surface area contributed by atoms with E-state index >= 15 is 0 Å². The molecule has 6 rings (SSSR count). The summed E-state index contributed by atoms with van der Waals surface area (Å²) in [4.78, 5) is 35.3. The first kappa shape index (κ1) is 25.7. The molecule has 0 bridgehead atoms. The number of benzene rings is 2. The molecule has 198 valence electrons. The van der Waals surface area contributed by atoms with Gasteiger partial charge < -0.3 is 9.47 Å². The summed E-state index contributed by atoms with van der Waals surface area (Å²) in [6.07, 6.45) is 3.16. The first-order chi connectivity index (χ1) is 20.0. The molecular weight excluding hydrogens is 514 g/mol. The molecule has 3 aromatic heterocycles. The highest BCUT2D eigenvalue weighted by atomic mass is 16.5. The van der Waals surface area contributed by atoms with Crippen LogP contribution in [0.2, 0.25) is 0 Å². The Bertz CT molecular complexity index is 1890. The Morgan fingerprint density at radius 1 is 0.634 bits per heavy atom. The molecule has 1 aliphatic rings. The zero-order valence-electron chi connectivity index (χ0n) is 22.3. The Morgan fingerprint density at radius 3 is 2.00 bits per heavy atom. The van der Waals surface area contributed by atoms with Crippen molar-refractivity contribution in [2.24, 2.45) is 0 Å².